The number of rotatable bonds is 2. The molecule has 0 saturated heterocycles. The molecule has 0 spiro atoms. The number of halogens is 3. The first kappa shape index (κ1) is 19.1. The van der Waals surface area contributed by atoms with E-state index in [4.69, 9.17) is 0 Å². The number of phenolic OH excluding ortho intramolecular Hbond substituents is 1. The van der Waals surface area contributed by atoms with Gasteiger partial charge in [-0.1, -0.05) is 0 Å². The third kappa shape index (κ3) is 3.72. The highest BCUT2D eigenvalue weighted by Gasteiger charge is 2.34. The molecule has 2 aromatic heterocycles. The van der Waals surface area contributed by atoms with Crippen LogP contribution < -0.4 is 10.6 Å². The van der Waals surface area contributed by atoms with Gasteiger partial charge >= 0.3 is 12.2 Å². The van der Waals surface area contributed by atoms with Crippen molar-refractivity contribution in [3.63, 3.8) is 0 Å². The van der Waals surface area contributed by atoms with E-state index in [9.17, 15) is 27.9 Å². The predicted octanol–water partition coefficient (Wildman–Crippen LogP) is 2.96. The summed E-state index contributed by atoms with van der Waals surface area (Å²) in [6.07, 6.45) is -3.54. The maximum Gasteiger partial charge on any atom is 0.420 e. The van der Waals surface area contributed by atoms with Crippen molar-refractivity contribution in [2.75, 3.05) is 5.32 Å². The number of fused-ring (bicyclic) bond motifs is 1. The zero-order chi connectivity index (χ0) is 20.6. The molecule has 0 unspecified atom stereocenters. The number of hydrogen-bond acceptors (Lipinski definition) is 5. The highest BCUT2D eigenvalue weighted by molar-refractivity contribution is 6.08. The molecule has 11 heteroatoms. The van der Waals surface area contributed by atoms with E-state index in [-0.39, 0.29) is 11.3 Å². The van der Waals surface area contributed by atoms with Crippen molar-refractivity contribution < 1.29 is 27.9 Å². The summed E-state index contributed by atoms with van der Waals surface area (Å²) >= 11 is 0. The minimum Gasteiger partial charge on any atom is -0.507 e. The van der Waals surface area contributed by atoms with E-state index < -0.39 is 29.4 Å². The average molecular weight is 393 g/mol. The molecule has 0 aliphatic heterocycles. The van der Waals surface area contributed by atoms with Gasteiger partial charge in [0.2, 0.25) is 0 Å². The number of anilines is 1. The van der Waals surface area contributed by atoms with Crippen LogP contribution in [-0.2, 0) is 13.2 Å². The summed E-state index contributed by atoms with van der Waals surface area (Å²) in [7, 11) is 1.70. The molecule has 8 nitrogen and oxygen atoms in total. The Morgan fingerprint density at radius 2 is 1.93 bits per heavy atom. The molecule has 28 heavy (non-hydrogen) atoms. The summed E-state index contributed by atoms with van der Waals surface area (Å²) in [5.74, 6) is -1.76. The molecule has 3 rings (SSSR count). The summed E-state index contributed by atoms with van der Waals surface area (Å²) in [4.78, 5) is 28.3. The van der Waals surface area contributed by atoms with Gasteiger partial charge in [0.15, 0.2) is 5.65 Å². The molecule has 3 amide bonds. The van der Waals surface area contributed by atoms with E-state index >= 15 is 0 Å². The third-order valence-corrected chi connectivity index (χ3v) is 3.91. The number of benzene rings is 1. The first-order valence-corrected chi connectivity index (χ1v) is 7.88. The van der Waals surface area contributed by atoms with Gasteiger partial charge in [-0.25, -0.2) is 9.78 Å². The molecule has 3 aromatic rings. The van der Waals surface area contributed by atoms with Crippen LogP contribution in [0.1, 0.15) is 21.6 Å². The van der Waals surface area contributed by atoms with E-state index in [0.717, 1.165) is 12.1 Å². The van der Waals surface area contributed by atoms with Crippen LogP contribution in [0.2, 0.25) is 0 Å². The average Bonchev–Trinajstić information content (AvgIpc) is 2.89. The number of pyridine rings is 1. The fraction of sp³-hybridized carbons (Fsp3) is 0.176. The Morgan fingerprint density at radius 3 is 2.61 bits per heavy atom. The maximum atomic E-state index is 12.8. The van der Waals surface area contributed by atoms with Gasteiger partial charge in [-0.2, -0.15) is 18.3 Å². The molecule has 0 saturated carbocycles. The van der Waals surface area contributed by atoms with Crippen molar-refractivity contribution in [2.45, 2.75) is 13.1 Å². The fourth-order valence-corrected chi connectivity index (χ4v) is 2.61. The summed E-state index contributed by atoms with van der Waals surface area (Å²) in [6.45, 7) is 1.74. The second kappa shape index (κ2) is 6.83. The van der Waals surface area contributed by atoms with Crippen molar-refractivity contribution in [3.8, 4) is 5.75 Å². The smallest absolute Gasteiger partial charge is 0.420 e. The Balaban J connectivity index is 1.75. The van der Waals surface area contributed by atoms with E-state index in [2.05, 4.69) is 15.4 Å². The minimum atomic E-state index is -4.79. The number of carbonyl (C=O) groups excluding carboxylic acids is 2. The Morgan fingerprint density at radius 1 is 1.21 bits per heavy atom. The molecule has 0 atom stereocenters. The number of nitrogens with one attached hydrogen (secondary N) is 2. The van der Waals surface area contributed by atoms with Gasteiger partial charge in [0.1, 0.15) is 5.75 Å². The SMILES string of the molecule is Cc1nn(C)c2ncc(C(=O)NC(=O)Nc3ccc(O)c(C(F)(F)F)c3)cc12. The van der Waals surface area contributed by atoms with Crippen molar-refractivity contribution in [2.24, 2.45) is 7.05 Å². The molecule has 2 heterocycles. The van der Waals surface area contributed by atoms with Gasteiger partial charge < -0.3 is 10.4 Å². The van der Waals surface area contributed by atoms with Crippen molar-refractivity contribution in [1.29, 1.82) is 0 Å². The zero-order valence-electron chi connectivity index (χ0n) is 14.6. The highest BCUT2D eigenvalue weighted by atomic mass is 19.4. The summed E-state index contributed by atoms with van der Waals surface area (Å²) in [6, 6.07) is 2.90. The van der Waals surface area contributed by atoms with Crippen LogP contribution in [-0.4, -0.2) is 31.8 Å². The van der Waals surface area contributed by atoms with Gasteiger partial charge in [-0.05, 0) is 31.2 Å². The van der Waals surface area contributed by atoms with Crippen molar-refractivity contribution in [3.05, 3.63) is 47.3 Å². The number of phenols is 1. The van der Waals surface area contributed by atoms with Crippen LogP contribution in [0.4, 0.5) is 23.7 Å². The van der Waals surface area contributed by atoms with E-state index in [0.29, 0.717) is 22.8 Å². The topological polar surface area (TPSA) is 109 Å². The zero-order valence-corrected chi connectivity index (χ0v) is 14.6. The van der Waals surface area contributed by atoms with Crippen molar-refractivity contribution in [1.82, 2.24) is 20.1 Å². The van der Waals surface area contributed by atoms with Crippen LogP contribution in [0.15, 0.2) is 30.5 Å². The summed E-state index contributed by atoms with van der Waals surface area (Å²) in [5.41, 5.74) is -0.263. The normalized spacial score (nSPS) is 11.5. The van der Waals surface area contributed by atoms with Crippen LogP contribution in [0.3, 0.4) is 0 Å². The number of aromatic hydroxyl groups is 1. The molecule has 3 N–H and O–H groups in total. The predicted molar refractivity (Wildman–Crippen MR) is 92.8 cm³/mol. The van der Waals surface area contributed by atoms with Gasteiger partial charge in [-0.15, -0.1) is 0 Å². The number of urea groups is 1. The standard InChI is InChI=1S/C17H14F3N5O3/c1-8-11-5-9(7-21-14(11)25(2)24-8)15(27)23-16(28)22-10-3-4-13(26)12(6-10)17(18,19)20/h3-7,26H,1-2H3,(H2,22,23,27,28). The lowest BCUT2D eigenvalue weighted by Crippen LogP contribution is -2.34. The van der Waals surface area contributed by atoms with Crippen LogP contribution in [0.25, 0.3) is 11.0 Å². The quantitative estimate of drug-likeness (QED) is 0.580. The Bertz CT molecular complexity index is 1090. The first-order chi connectivity index (χ1) is 13.1. The van der Waals surface area contributed by atoms with Crippen molar-refractivity contribution >= 4 is 28.7 Å². The summed E-state index contributed by atoms with van der Waals surface area (Å²) in [5, 5.41) is 18.2. The Labute approximate surface area is 156 Å². The number of carbonyl (C=O) groups is 2. The molecular formula is C17H14F3N5O3. The van der Waals surface area contributed by atoms with Crippen LogP contribution in [0.5, 0.6) is 5.75 Å². The molecule has 0 bridgehead atoms. The lowest BCUT2D eigenvalue weighted by molar-refractivity contribution is -0.138. The molecule has 0 aliphatic rings. The minimum absolute atomic E-state index is 0.0837. The number of amides is 3. The molecule has 0 radical (unpaired) electrons. The van der Waals surface area contributed by atoms with Crippen LogP contribution >= 0.6 is 0 Å². The second-order valence-corrected chi connectivity index (χ2v) is 5.94. The van der Waals surface area contributed by atoms with Gasteiger partial charge in [0.05, 0.1) is 16.8 Å². The monoisotopic (exact) mass is 393 g/mol. The van der Waals surface area contributed by atoms with E-state index in [1.165, 1.54) is 12.3 Å². The Hall–Kier alpha value is -3.63. The molecule has 1 aromatic carbocycles. The second-order valence-electron chi connectivity index (χ2n) is 5.94. The number of imide groups is 1. The van der Waals surface area contributed by atoms with E-state index in [1.807, 2.05) is 5.32 Å². The largest absolute Gasteiger partial charge is 0.507 e. The van der Waals surface area contributed by atoms with E-state index in [1.54, 1.807) is 18.7 Å². The number of nitrogens with zero attached hydrogens (tertiary/aromatic N) is 3. The maximum absolute atomic E-state index is 12.8. The third-order valence-electron chi connectivity index (χ3n) is 3.91. The Kier molecular flexibility index (Phi) is 4.67. The lowest BCUT2D eigenvalue weighted by Gasteiger charge is -2.12. The highest BCUT2D eigenvalue weighted by Crippen LogP contribution is 2.37. The molecule has 0 aliphatic carbocycles. The number of aromatic nitrogens is 3. The first-order valence-electron chi connectivity index (χ1n) is 7.88. The van der Waals surface area contributed by atoms with Gasteiger partial charge in [0, 0.05) is 24.3 Å². The van der Waals surface area contributed by atoms with Gasteiger partial charge in [-0.3, -0.25) is 14.8 Å². The molecular weight excluding hydrogens is 379 g/mol. The number of hydrogen-bond donors (Lipinski definition) is 3. The molecule has 146 valence electrons. The lowest BCUT2D eigenvalue weighted by atomic mass is 10.1. The van der Waals surface area contributed by atoms with Gasteiger partial charge in [0.25, 0.3) is 5.91 Å². The number of alkyl halides is 3. The fourth-order valence-electron chi connectivity index (χ4n) is 2.61. The molecule has 0 fully saturated rings. The number of aryl methyl sites for hydroxylation is 2. The summed E-state index contributed by atoms with van der Waals surface area (Å²) < 4.78 is 40.0. The van der Waals surface area contributed by atoms with Crippen LogP contribution in [0, 0.1) is 6.92 Å².